The second-order valence-electron chi connectivity index (χ2n) is 7.49. The van der Waals surface area contributed by atoms with Crippen molar-refractivity contribution in [2.45, 2.75) is 50.6 Å². The molecule has 1 aromatic heterocycles. The largest absolute Gasteiger partial charge is 0.351 e. The second-order valence-corrected chi connectivity index (χ2v) is 7.76. The van der Waals surface area contributed by atoms with Gasteiger partial charge in [0, 0.05) is 30.5 Å². The van der Waals surface area contributed by atoms with E-state index in [9.17, 15) is 9.59 Å². The molecule has 0 bridgehead atoms. The Hall–Kier alpha value is -2.40. The van der Waals surface area contributed by atoms with Crippen molar-refractivity contribution in [1.29, 1.82) is 0 Å². The summed E-state index contributed by atoms with van der Waals surface area (Å²) in [5.41, 5.74) is 1.81. The van der Waals surface area contributed by atoms with Gasteiger partial charge >= 0.3 is 0 Å². The van der Waals surface area contributed by atoms with Crippen LogP contribution in [0.3, 0.4) is 0 Å². The van der Waals surface area contributed by atoms with Crippen LogP contribution in [-0.4, -0.2) is 40.2 Å². The Morgan fingerprint density at radius 3 is 2.52 bits per heavy atom. The lowest BCUT2D eigenvalue weighted by Crippen LogP contribution is -2.48. The van der Waals surface area contributed by atoms with E-state index in [1.807, 2.05) is 36.4 Å². The molecule has 1 aliphatic rings. The quantitative estimate of drug-likeness (QED) is 0.668. The van der Waals surface area contributed by atoms with Crippen molar-refractivity contribution in [3.63, 3.8) is 0 Å². The Kier molecular flexibility index (Phi) is 8.05. The molecule has 1 heterocycles. The molecule has 0 saturated heterocycles. The molecule has 5 nitrogen and oxygen atoms in total. The number of halogens is 1. The van der Waals surface area contributed by atoms with Crippen molar-refractivity contribution in [3.05, 3.63) is 66.0 Å². The molecule has 3 rings (SSSR count). The van der Waals surface area contributed by atoms with E-state index >= 15 is 0 Å². The first-order valence-corrected chi connectivity index (χ1v) is 10.8. The number of carbonyl (C=O) groups excluding carboxylic acids is 2. The van der Waals surface area contributed by atoms with Gasteiger partial charge in [-0.25, -0.2) is 0 Å². The van der Waals surface area contributed by atoms with Crippen LogP contribution in [0.2, 0.25) is 0 Å². The van der Waals surface area contributed by atoms with E-state index in [2.05, 4.69) is 10.3 Å². The molecule has 0 aliphatic heterocycles. The molecular weight excluding hydrogens is 386 g/mol. The molecule has 6 heteroatoms. The normalized spacial score (nSPS) is 15.5. The van der Waals surface area contributed by atoms with Crippen molar-refractivity contribution >= 4 is 23.4 Å². The lowest BCUT2D eigenvalue weighted by atomic mass is 9.94. The van der Waals surface area contributed by atoms with Gasteiger partial charge in [-0.15, -0.1) is 11.6 Å². The van der Waals surface area contributed by atoms with Crippen molar-refractivity contribution < 1.29 is 9.59 Å². The number of amides is 2. The number of aromatic nitrogens is 1. The van der Waals surface area contributed by atoms with Crippen molar-refractivity contribution in [1.82, 2.24) is 15.2 Å². The fourth-order valence-corrected chi connectivity index (χ4v) is 4.06. The fraction of sp³-hybridized carbons (Fsp3) is 0.435. The highest BCUT2D eigenvalue weighted by Gasteiger charge is 2.32. The standard InChI is InChI=1S/C23H28ClN3O2/c24-16-21(28)27(15-13-18-8-3-1-4-9-18)22(19-10-7-14-25-17-19)23(29)26-20-11-5-2-6-12-20/h1,3-4,7-10,14,17,20,22H,2,5-6,11-13,15-16H2,(H,26,29)/t22-/m0/s1. The number of hydrogen-bond acceptors (Lipinski definition) is 3. The highest BCUT2D eigenvalue weighted by Crippen LogP contribution is 2.24. The van der Waals surface area contributed by atoms with Gasteiger partial charge in [0.25, 0.3) is 0 Å². The van der Waals surface area contributed by atoms with Gasteiger partial charge in [0.05, 0.1) is 0 Å². The average molecular weight is 414 g/mol. The number of pyridine rings is 1. The molecule has 1 saturated carbocycles. The van der Waals surface area contributed by atoms with Crippen LogP contribution in [0, 0.1) is 0 Å². The van der Waals surface area contributed by atoms with Crippen LogP contribution in [-0.2, 0) is 16.0 Å². The lowest BCUT2D eigenvalue weighted by molar-refractivity contribution is -0.139. The van der Waals surface area contributed by atoms with Gasteiger partial charge in [-0.1, -0.05) is 55.7 Å². The van der Waals surface area contributed by atoms with E-state index in [4.69, 9.17) is 11.6 Å². The Morgan fingerprint density at radius 1 is 1.10 bits per heavy atom. The molecule has 154 valence electrons. The minimum Gasteiger partial charge on any atom is -0.351 e. The van der Waals surface area contributed by atoms with Crippen LogP contribution in [0.5, 0.6) is 0 Å². The molecule has 0 spiro atoms. The molecule has 2 amide bonds. The van der Waals surface area contributed by atoms with Crippen molar-refractivity contribution in [2.24, 2.45) is 0 Å². The van der Waals surface area contributed by atoms with Gasteiger partial charge in [-0.3, -0.25) is 14.6 Å². The molecule has 1 fully saturated rings. The van der Waals surface area contributed by atoms with E-state index in [0.29, 0.717) is 18.5 Å². The van der Waals surface area contributed by atoms with E-state index in [1.165, 1.54) is 6.42 Å². The van der Waals surface area contributed by atoms with E-state index in [-0.39, 0.29) is 23.7 Å². The first-order chi connectivity index (χ1) is 14.2. The molecule has 2 aromatic rings. The summed E-state index contributed by atoms with van der Waals surface area (Å²) in [5.74, 6) is -0.575. The number of alkyl halides is 1. The predicted octanol–water partition coefficient (Wildman–Crippen LogP) is 3.88. The van der Waals surface area contributed by atoms with Crippen LogP contribution in [0.4, 0.5) is 0 Å². The number of hydrogen-bond donors (Lipinski definition) is 1. The van der Waals surface area contributed by atoms with E-state index in [1.54, 1.807) is 23.4 Å². The molecule has 1 aromatic carbocycles. The van der Waals surface area contributed by atoms with Crippen LogP contribution < -0.4 is 5.32 Å². The number of carbonyl (C=O) groups is 2. The zero-order chi connectivity index (χ0) is 20.5. The lowest BCUT2D eigenvalue weighted by Gasteiger charge is -2.33. The maximum absolute atomic E-state index is 13.3. The summed E-state index contributed by atoms with van der Waals surface area (Å²) in [6.45, 7) is 0.410. The minimum atomic E-state index is -0.736. The van der Waals surface area contributed by atoms with Crippen LogP contribution in [0.15, 0.2) is 54.9 Å². The first-order valence-electron chi connectivity index (χ1n) is 10.3. The highest BCUT2D eigenvalue weighted by atomic mass is 35.5. The SMILES string of the molecule is O=C(NC1CCCCC1)[C@H](c1cccnc1)N(CCc1ccccc1)C(=O)CCl. The summed E-state index contributed by atoms with van der Waals surface area (Å²) in [4.78, 5) is 31.8. The Bertz CT molecular complexity index is 779. The Morgan fingerprint density at radius 2 is 1.86 bits per heavy atom. The number of nitrogens with zero attached hydrogens (tertiary/aromatic N) is 2. The van der Waals surface area contributed by atoms with Gasteiger partial charge in [0.2, 0.25) is 11.8 Å². The Balaban J connectivity index is 1.83. The third-order valence-corrected chi connectivity index (χ3v) is 5.66. The zero-order valence-corrected chi connectivity index (χ0v) is 17.4. The molecular formula is C23H28ClN3O2. The molecule has 0 radical (unpaired) electrons. The van der Waals surface area contributed by atoms with Gasteiger partial charge in [-0.05, 0) is 30.9 Å². The summed E-state index contributed by atoms with van der Waals surface area (Å²) in [5, 5.41) is 3.17. The maximum atomic E-state index is 13.3. The third kappa shape index (κ3) is 6.04. The highest BCUT2D eigenvalue weighted by molar-refractivity contribution is 6.27. The molecule has 1 N–H and O–H groups in total. The average Bonchev–Trinajstić information content (AvgIpc) is 2.78. The van der Waals surface area contributed by atoms with Crippen LogP contribution >= 0.6 is 11.6 Å². The number of nitrogens with one attached hydrogen (secondary N) is 1. The number of benzene rings is 1. The van der Waals surface area contributed by atoms with Gasteiger partial charge in [0.1, 0.15) is 11.9 Å². The van der Waals surface area contributed by atoms with E-state index in [0.717, 1.165) is 31.2 Å². The van der Waals surface area contributed by atoms with Crippen molar-refractivity contribution in [3.8, 4) is 0 Å². The van der Waals surface area contributed by atoms with Gasteiger partial charge in [0.15, 0.2) is 0 Å². The third-order valence-electron chi connectivity index (χ3n) is 5.43. The maximum Gasteiger partial charge on any atom is 0.247 e. The monoisotopic (exact) mass is 413 g/mol. The fourth-order valence-electron chi connectivity index (χ4n) is 3.91. The summed E-state index contributed by atoms with van der Waals surface area (Å²) in [7, 11) is 0. The second kappa shape index (κ2) is 11.0. The molecule has 0 unspecified atom stereocenters. The summed E-state index contributed by atoms with van der Waals surface area (Å²) in [6, 6.07) is 13.0. The smallest absolute Gasteiger partial charge is 0.247 e. The van der Waals surface area contributed by atoms with E-state index < -0.39 is 6.04 Å². The zero-order valence-electron chi connectivity index (χ0n) is 16.6. The topological polar surface area (TPSA) is 62.3 Å². The summed E-state index contributed by atoms with van der Waals surface area (Å²) < 4.78 is 0. The van der Waals surface area contributed by atoms with Crippen molar-refractivity contribution in [2.75, 3.05) is 12.4 Å². The Labute approximate surface area is 177 Å². The molecule has 29 heavy (non-hydrogen) atoms. The molecule has 1 atom stereocenters. The van der Waals surface area contributed by atoms with Gasteiger partial charge in [-0.2, -0.15) is 0 Å². The predicted molar refractivity (Wildman–Crippen MR) is 115 cm³/mol. The van der Waals surface area contributed by atoms with Gasteiger partial charge < -0.3 is 10.2 Å². The van der Waals surface area contributed by atoms with Crippen LogP contribution in [0.1, 0.15) is 49.3 Å². The molecule has 1 aliphatic carbocycles. The summed E-state index contributed by atoms with van der Waals surface area (Å²) in [6.07, 6.45) is 9.41. The first kappa shape index (κ1) is 21.3. The minimum absolute atomic E-state index is 0.156. The number of rotatable bonds is 8. The van der Waals surface area contributed by atoms with Crippen LogP contribution in [0.25, 0.3) is 0 Å². The summed E-state index contributed by atoms with van der Waals surface area (Å²) >= 11 is 5.92.